The Morgan fingerprint density at radius 2 is 1.75 bits per heavy atom. The van der Waals surface area contributed by atoms with Gasteiger partial charge in [-0.3, -0.25) is 0 Å². The lowest BCUT2D eigenvalue weighted by Gasteiger charge is -2.27. The molecule has 1 saturated carbocycles. The monoisotopic (exact) mass is 345 g/mol. The van der Waals surface area contributed by atoms with E-state index in [1.165, 1.54) is 37.3 Å². The highest BCUT2D eigenvalue weighted by molar-refractivity contribution is 6.33. The molecule has 0 spiro atoms. The Kier molecular flexibility index (Phi) is 5.22. The first-order chi connectivity index (χ1) is 11.6. The Balaban J connectivity index is 1.80. The number of allylic oxidation sites excluding steroid dienone is 1. The van der Waals surface area contributed by atoms with E-state index in [9.17, 15) is 4.39 Å². The van der Waals surface area contributed by atoms with Gasteiger partial charge in [-0.25, -0.2) is 4.39 Å². The minimum Gasteiger partial charge on any atom is -0.408 e. The molecular weight excluding hydrogens is 325 g/mol. The molecule has 0 saturated heterocycles. The van der Waals surface area contributed by atoms with Gasteiger partial charge in [0, 0.05) is 5.56 Å². The van der Waals surface area contributed by atoms with Crippen molar-refractivity contribution in [1.29, 1.82) is 0 Å². The zero-order valence-electron chi connectivity index (χ0n) is 13.5. The van der Waals surface area contributed by atoms with Crippen LogP contribution >= 0.6 is 11.6 Å². The molecule has 0 aromatic heterocycles. The fraction of sp³-hybridized carbons (Fsp3) is 0.300. The molecule has 2 N–H and O–H groups in total. The molecule has 0 aliphatic heterocycles. The zero-order chi connectivity index (χ0) is 17.1. The second-order valence-electron chi connectivity index (χ2n) is 6.33. The lowest BCUT2D eigenvalue weighted by atomic mass is 9.78. The summed E-state index contributed by atoms with van der Waals surface area (Å²) in [6.07, 6.45) is 6.85. The zero-order valence-corrected chi connectivity index (χ0v) is 14.2. The summed E-state index contributed by atoms with van der Waals surface area (Å²) in [5, 5.41) is 0.0252. The molecule has 0 atom stereocenters. The molecule has 0 heterocycles. The Morgan fingerprint density at radius 1 is 1.08 bits per heavy atom. The van der Waals surface area contributed by atoms with Crippen molar-refractivity contribution in [3.8, 4) is 16.9 Å². The first-order valence-corrected chi connectivity index (χ1v) is 8.59. The number of hydrogen-bond acceptors (Lipinski definition) is 2. The fourth-order valence-corrected chi connectivity index (χ4v) is 3.73. The number of halogens is 2. The van der Waals surface area contributed by atoms with Crippen LogP contribution < -0.4 is 10.7 Å². The molecule has 126 valence electrons. The summed E-state index contributed by atoms with van der Waals surface area (Å²) in [4.78, 5) is 4.47. The highest BCUT2D eigenvalue weighted by Crippen LogP contribution is 2.38. The van der Waals surface area contributed by atoms with Crippen molar-refractivity contribution in [1.82, 2.24) is 0 Å². The molecule has 24 heavy (non-hydrogen) atoms. The smallest absolute Gasteiger partial charge is 0.186 e. The molecule has 2 aromatic carbocycles. The molecule has 2 nitrogen and oxygen atoms in total. The van der Waals surface area contributed by atoms with Crippen LogP contribution in [0.2, 0.25) is 5.02 Å². The van der Waals surface area contributed by atoms with Gasteiger partial charge >= 0.3 is 0 Å². The van der Waals surface area contributed by atoms with Gasteiger partial charge in [0.05, 0.1) is 5.02 Å². The predicted molar refractivity (Wildman–Crippen MR) is 96.6 cm³/mol. The van der Waals surface area contributed by atoms with Gasteiger partial charge in [0.15, 0.2) is 11.6 Å². The molecule has 0 bridgehead atoms. The molecule has 1 aliphatic carbocycles. The van der Waals surface area contributed by atoms with Gasteiger partial charge in [-0.05, 0) is 60.8 Å². The van der Waals surface area contributed by atoms with E-state index in [4.69, 9.17) is 17.5 Å². The SMILES string of the molecule is C=CC1CCC(c2ccc(-c3ccc(ON)c(F)c3Cl)cc2)CC1. The molecule has 2 aromatic rings. The molecule has 0 unspecified atom stereocenters. The summed E-state index contributed by atoms with van der Waals surface area (Å²) >= 11 is 6.11. The van der Waals surface area contributed by atoms with Crippen molar-refractivity contribution in [3.63, 3.8) is 0 Å². The van der Waals surface area contributed by atoms with E-state index < -0.39 is 5.82 Å². The van der Waals surface area contributed by atoms with Crippen LogP contribution in [0.4, 0.5) is 4.39 Å². The minimum atomic E-state index is -0.636. The number of rotatable bonds is 4. The van der Waals surface area contributed by atoms with Gasteiger partial charge in [-0.2, -0.15) is 5.90 Å². The highest BCUT2D eigenvalue weighted by atomic mass is 35.5. The highest BCUT2D eigenvalue weighted by Gasteiger charge is 2.21. The van der Waals surface area contributed by atoms with Gasteiger partial charge in [-0.15, -0.1) is 6.58 Å². The van der Waals surface area contributed by atoms with Gasteiger partial charge in [-0.1, -0.05) is 41.9 Å². The molecule has 3 rings (SSSR count). The molecule has 0 amide bonds. The first kappa shape index (κ1) is 17.0. The minimum absolute atomic E-state index is 0.0252. The van der Waals surface area contributed by atoms with Crippen molar-refractivity contribution in [3.05, 3.63) is 65.5 Å². The van der Waals surface area contributed by atoms with Crippen molar-refractivity contribution in [2.24, 2.45) is 11.8 Å². The van der Waals surface area contributed by atoms with E-state index in [0.717, 1.165) is 5.56 Å². The third-order valence-corrected chi connectivity index (χ3v) is 5.34. The summed E-state index contributed by atoms with van der Waals surface area (Å²) in [7, 11) is 0. The second-order valence-corrected chi connectivity index (χ2v) is 6.70. The summed E-state index contributed by atoms with van der Waals surface area (Å²) in [5.74, 6) is 5.58. The lowest BCUT2D eigenvalue weighted by Crippen LogP contribution is -2.11. The Bertz CT molecular complexity index is 721. The molecule has 0 radical (unpaired) electrons. The Hall–Kier alpha value is -1.84. The summed E-state index contributed by atoms with van der Waals surface area (Å²) < 4.78 is 14.0. The van der Waals surface area contributed by atoms with Crippen molar-refractivity contribution >= 4 is 11.6 Å². The second kappa shape index (κ2) is 7.37. The maximum Gasteiger partial charge on any atom is 0.186 e. The molecule has 1 fully saturated rings. The van der Waals surface area contributed by atoms with E-state index in [1.807, 2.05) is 12.1 Å². The third-order valence-electron chi connectivity index (χ3n) is 4.97. The molecular formula is C20H21ClFNO. The average molecular weight is 346 g/mol. The largest absolute Gasteiger partial charge is 0.408 e. The molecule has 4 heteroatoms. The predicted octanol–water partition coefficient (Wildman–Crippen LogP) is 5.86. The van der Waals surface area contributed by atoms with Gasteiger partial charge in [0.1, 0.15) is 0 Å². The number of nitrogens with two attached hydrogens (primary N) is 1. The summed E-state index contributed by atoms with van der Waals surface area (Å²) in [6, 6.07) is 11.4. The van der Waals surface area contributed by atoms with Crippen LogP contribution in [0.3, 0.4) is 0 Å². The Labute approximate surface area is 147 Å². The lowest BCUT2D eigenvalue weighted by molar-refractivity contribution is 0.316. The van der Waals surface area contributed by atoms with Crippen LogP contribution in [0.15, 0.2) is 49.1 Å². The van der Waals surface area contributed by atoms with Crippen LogP contribution in [-0.4, -0.2) is 0 Å². The fourth-order valence-electron chi connectivity index (χ4n) is 3.47. The standard InChI is InChI=1S/C20H21ClFNO/c1-2-13-3-5-14(6-4-13)15-7-9-16(10-8-15)17-11-12-18(24-23)20(22)19(17)21/h2,7-14H,1,3-6,23H2. The number of hydrogen-bond donors (Lipinski definition) is 1. The van der Waals surface area contributed by atoms with Gasteiger partial charge in [0.2, 0.25) is 0 Å². The van der Waals surface area contributed by atoms with Crippen LogP contribution in [0.25, 0.3) is 11.1 Å². The average Bonchev–Trinajstić information content (AvgIpc) is 2.64. The Morgan fingerprint density at radius 3 is 2.33 bits per heavy atom. The van der Waals surface area contributed by atoms with E-state index in [0.29, 0.717) is 17.4 Å². The van der Waals surface area contributed by atoms with E-state index in [1.54, 1.807) is 6.07 Å². The third kappa shape index (κ3) is 3.33. The van der Waals surface area contributed by atoms with E-state index >= 15 is 0 Å². The maximum absolute atomic E-state index is 14.0. The normalized spacial score (nSPS) is 20.6. The van der Waals surface area contributed by atoms with Crippen LogP contribution in [-0.2, 0) is 0 Å². The van der Waals surface area contributed by atoms with Crippen LogP contribution in [0.1, 0.15) is 37.2 Å². The van der Waals surface area contributed by atoms with Crippen molar-refractivity contribution in [2.45, 2.75) is 31.6 Å². The summed E-state index contributed by atoms with van der Waals surface area (Å²) in [6.45, 7) is 3.90. The summed E-state index contributed by atoms with van der Waals surface area (Å²) in [5.41, 5.74) is 2.85. The van der Waals surface area contributed by atoms with Gasteiger partial charge in [0.25, 0.3) is 0 Å². The molecule has 1 aliphatic rings. The number of benzene rings is 2. The van der Waals surface area contributed by atoms with Crippen LogP contribution in [0.5, 0.6) is 5.75 Å². The quantitative estimate of drug-likeness (QED) is 0.556. The van der Waals surface area contributed by atoms with E-state index in [-0.39, 0.29) is 10.8 Å². The topological polar surface area (TPSA) is 35.2 Å². The van der Waals surface area contributed by atoms with Crippen molar-refractivity contribution in [2.75, 3.05) is 0 Å². The van der Waals surface area contributed by atoms with Gasteiger partial charge < -0.3 is 4.84 Å². The van der Waals surface area contributed by atoms with E-state index in [2.05, 4.69) is 29.6 Å². The van der Waals surface area contributed by atoms with Crippen molar-refractivity contribution < 1.29 is 9.23 Å². The maximum atomic E-state index is 14.0. The first-order valence-electron chi connectivity index (χ1n) is 8.21. The van der Waals surface area contributed by atoms with Crippen LogP contribution in [0, 0.1) is 11.7 Å².